The van der Waals surface area contributed by atoms with Gasteiger partial charge in [-0.05, 0) is 49.9 Å². The van der Waals surface area contributed by atoms with Gasteiger partial charge >= 0.3 is 0 Å². The maximum absolute atomic E-state index is 12.9. The number of hydrogen-bond acceptors (Lipinski definition) is 4. The Morgan fingerprint density at radius 2 is 1.48 bits per heavy atom. The van der Waals surface area contributed by atoms with E-state index in [4.69, 9.17) is 9.47 Å². The lowest BCUT2D eigenvalue weighted by Crippen LogP contribution is -2.48. The van der Waals surface area contributed by atoms with Gasteiger partial charge in [0.25, 0.3) is 5.91 Å². The largest absolute Gasteiger partial charge is 0.490 e. The second-order valence-corrected chi connectivity index (χ2v) is 8.91. The maximum Gasteiger partial charge on any atom is 0.255 e. The Morgan fingerprint density at radius 1 is 0.818 bits per heavy atom. The van der Waals surface area contributed by atoms with Gasteiger partial charge in [-0.1, -0.05) is 49.6 Å². The number of rotatable bonds is 8. The van der Waals surface area contributed by atoms with Gasteiger partial charge in [0.2, 0.25) is 5.91 Å². The summed E-state index contributed by atoms with van der Waals surface area (Å²) >= 11 is 0. The van der Waals surface area contributed by atoms with Crippen LogP contribution in [-0.4, -0.2) is 49.1 Å². The van der Waals surface area contributed by atoms with Crippen molar-refractivity contribution in [1.82, 2.24) is 10.2 Å². The molecule has 1 N–H and O–H groups in total. The van der Waals surface area contributed by atoms with E-state index >= 15 is 0 Å². The molecule has 2 aromatic carbocycles. The van der Waals surface area contributed by atoms with E-state index in [1.807, 2.05) is 53.4 Å². The molecule has 2 aromatic rings. The predicted molar refractivity (Wildman–Crippen MR) is 128 cm³/mol. The number of carbonyl (C=O) groups excluding carboxylic acids is 2. The summed E-state index contributed by atoms with van der Waals surface area (Å²) in [5, 5.41) is 3.14. The van der Waals surface area contributed by atoms with E-state index in [1.54, 1.807) is 6.07 Å². The van der Waals surface area contributed by atoms with Crippen LogP contribution in [0.1, 0.15) is 55.3 Å². The number of piperidine rings is 1. The summed E-state index contributed by atoms with van der Waals surface area (Å²) < 4.78 is 11.5. The zero-order valence-corrected chi connectivity index (χ0v) is 19.2. The highest BCUT2D eigenvalue weighted by Gasteiger charge is 2.29. The molecule has 1 saturated heterocycles. The third-order valence-corrected chi connectivity index (χ3v) is 6.58. The van der Waals surface area contributed by atoms with Crippen molar-refractivity contribution < 1.29 is 19.1 Å². The number of amides is 2. The van der Waals surface area contributed by atoms with E-state index in [-0.39, 0.29) is 17.9 Å². The average Bonchev–Trinajstić information content (AvgIpc) is 2.88. The Balaban J connectivity index is 1.23. The van der Waals surface area contributed by atoms with E-state index in [9.17, 15) is 9.59 Å². The molecule has 0 unspecified atom stereocenters. The number of carbonyl (C=O) groups is 2. The smallest absolute Gasteiger partial charge is 0.255 e. The summed E-state index contributed by atoms with van der Waals surface area (Å²) in [5.41, 5.74) is 0.526. The number of nitrogens with zero attached hydrogens (tertiary/aromatic N) is 1. The Labute approximate surface area is 196 Å². The fourth-order valence-corrected chi connectivity index (χ4v) is 4.72. The van der Waals surface area contributed by atoms with E-state index < -0.39 is 0 Å². The van der Waals surface area contributed by atoms with Gasteiger partial charge in [0.05, 0.1) is 5.56 Å². The molecule has 1 saturated carbocycles. The summed E-state index contributed by atoms with van der Waals surface area (Å²) in [5.74, 6) is 1.74. The van der Waals surface area contributed by atoms with Gasteiger partial charge in [0.1, 0.15) is 24.7 Å². The first-order valence-electron chi connectivity index (χ1n) is 12.2. The average molecular weight is 451 g/mol. The molecule has 0 spiro atoms. The lowest BCUT2D eigenvalue weighted by atomic mass is 9.87. The van der Waals surface area contributed by atoms with Crippen LogP contribution in [0.25, 0.3) is 0 Å². The minimum Gasteiger partial charge on any atom is -0.490 e. The van der Waals surface area contributed by atoms with Crippen LogP contribution in [-0.2, 0) is 4.79 Å². The number of para-hydroxylation sites is 2. The number of likely N-dealkylation sites (tertiary alicyclic amines) is 1. The molecule has 6 nitrogen and oxygen atoms in total. The molecule has 1 heterocycles. The molecule has 1 aliphatic heterocycles. The molecule has 0 atom stereocenters. The van der Waals surface area contributed by atoms with Crippen LogP contribution in [0.5, 0.6) is 11.5 Å². The van der Waals surface area contributed by atoms with Crippen molar-refractivity contribution in [2.75, 3.05) is 26.3 Å². The topological polar surface area (TPSA) is 67.9 Å². The van der Waals surface area contributed by atoms with Crippen molar-refractivity contribution >= 4 is 11.8 Å². The molecule has 33 heavy (non-hydrogen) atoms. The van der Waals surface area contributed by atoms with Crippen LogP contribution in [0.3, 0.4) is 0 Å². The molecule has 2 amide bonds. The van der Waals surface area contributed by atoms with Crippen molar-refractivity contribution in [3.63, 3.8) is 0 Å². The van der Waals surface area contributed by atoms with E-state index in [1.165, 1.54) is 19.3 Å². The summed E-state index contributed by atoms with van der Waals surface area (Å²) in [4.78, 5) is 27.7. The highest BCUT2D eigenvalue weighted by molar-refractivity contribution is 5.97. The Bertz CT molecular complexity index is 903. The standard InChI is InChI=1S/C27H34N2O4/c30-26(28-22-15-17-29(18-16-22)27(31)21-9-3-1-4-10-21)24-13-7-8-14-25(24)33-20-19-32-23-11-5-2-6-12-23/h2,5-8,11-14,21-22H,1,3-4,9-10,15-20H2,(H,28,30). The van der Waals surface area contributed by atoms with Crippen LogP contribution in [0.15, 0.2) is 54.6 Å². The summed E-state index contributed by atoms with van der Waals surface area (Å²) in [6, 6.07) is 16.9. The highest BCUT2D eigenvalue weighted by atomic mass is 16.5. The molecule has 6 heteroatoms. The lowest BCUT2D eigenvalue weighted by Gasteiger charge is -2.35. The lowest BCUT2D eigenvalue weighted by molar-refractivity contribution is -0.137. The zero-order valence-electron chi connectivity index (χ0n) is 19.2. The van der Waals surface area contributed by atoms with Gasteiger partial charge in [-0.2, -0.15) is 0 Å². The minimum atomic E-state index is -0.133. The molecule has 1 aliphatic carbocycles. The third kappa shape index (κ3) is 6.50. The molecular formula is C27H34N2O4. The van der Waals surface area contributed by atoms with Crippen molar-refractivity contribution in [3.8, 4) is 11.5 Å². The molecule has 2 fully saturated rings. The molecule has 0 radical (unpaired) electrons. The predicted octanol–water partition coefficient (Wildman–Crippen LogP) is 4.45. The Morgan fingerprint density at radius 3 is 2.24 bits per heavy atom. The summed E-state index contributed by atoms with van der Waals surface area (Å²) in [7, 11) is 0. The number of nitrogens with one attached hydrogen (secondary N) is 1. The second kappa shape index (κ2) is 11.7. The fourth-order valence-electron chi connectivity index (χ4n) is 4.72. The first kappa shape index (κ1) is 23.1. The summed E-state index contributed by atoms with van der Waals surface area (Å²) in [6.07, 6.45) is 7.23. The van der Waals surface area contributed by atoms with Gasteiger partial charge in [0, 0.05) is 25.0 Å². The van der Waals surface area contributed by atoms with Crippen LogP contribution < -0.4 is 14.8 Å². The first-order chi connectivity index (χ1) is 16.2. The number of ether oxygens (including phenoxy) is 2. The Kier molecular flexibility index (Phi) is 8.23. The van der Waals surface area contributed by atoms with Gasteiger partial charge in [-0.3, -0.25) is 9.59 Å². The van der Waals surface area contributed by atoms with E-state index in [2.05, 4.69) is 5.32 Å². The van der Waals surface area contributed by atoms with Crippen molar-refractivity contribution in [2.45, 2.75) is 51.0 Å². The molecule has 0 bridgehead atoms. The summed E-state index contributed by atoms with van der Waals surface area (Å²) in [6.45, 7) is 2.18. The SMILES string of the molecule is O=C(NC1CCN(C(=O)C2CCCCC2)CC1)c1ccccc1OCCOc1ccccc1. The molecular weight excluding hydrogens is 416 g/mol. The quantitative estimate of drug-likeness (QED) is 0.604. The molecule has 0 aromatic heterocycles. The monoisotopic (exact) mass is 450 g/mol. The zero-order chi connectivity index (χ0) is 22.9. The normalized spacial score (nSPS) is 17.4. The highest BCUT2D eigenvalue weighted by Crippen LogP contribution is 2.27. The maximum atomic E-state index is 12.9. The first-order valence-corrected chi connectivity index (χ1v) is 12.2. The second-order valence-electron chi connectivity index (χ2n) is 8.91. The Hall–Kier alpha value is -3.02. The van der Waals surface area contributed by atoms with Crippen LogP contribution in [0, 0.1) is 5.92 Å². The van der Waals surface area contributed by atoms with E-state index in [0.717, 1.165) is 44.5 Å². The van der Waals surface area contributed by atoms with Gasteiger partial charge in [-0.25, -0.2) is 0 Å². The van der Waals surface area contributed by atoms with Crippen LogP contribution >= 0.6 is 0 Å². The van der Waals surface area contributed by atoms with Crippen molar-refractivity contribution in [2.24, 2.45) is 5.92 Å². The van der Waals surface area contributed by atoms with Crippen molar-refractivity contribution in [1.29, 1.82) is 0 Å². The number of benzene rings is 2. The van der Waals surface area contributed by atoms with E-state index in [0.29, 0.717) is 30.4 Å². The minimum absolute atomic E-state index is 0.0716. The fraction of sp³-hybridized carbons (Fsp3) is 0.481. The van der Waals surface area contributed by atoms with Crippen molar-refractivity contribution in [3.05, 3.63) is 60.2 Å². The van der Waals surface area contributed by atoms with Gasteiger partial charge in [0.15, 0.2) is 0 Å². The third-order valence-electron chi connectivity index (χ3n) is 6.58. The number of hydrogen-bond donors (Lipinski definition) is 1. The molecule has 176 valence electrons. The van der Waals surface area contributed by atoms with Gasteiger partial charge in [-0.15, -0.1) is 0 Å². The molecule has 4 rings (SSSR count). The van der Waals surface area contributed by atoms with Crippen LogP contribution in [0.4, 0.5) is 0 Å². The molecule has 2 aliphatic rings. The van der Waals surface area contributed by atoms with Crippen LogP contribution in [0.2, 0.25) is 0 Å². The van der Waals surface area contributed by atoms with Gasteiger partial charge < -0.3 is 19.7 Å².